The quantitative estimate of drug-likeness (QED) is 0.749. The van der Waals surface area contributed by atoms with Crippen LogP contribution in [-0.4, -0.2) is 25.0 Å². The predicted molar refractivity (Wildman–Crippen MR) is 97.1 cm³/mol. The van der Waals surface area contributed by atoms with Gasteiger partial charge in [0.2, 0.25) is 10.0 Å². The van der Waals surface area contributed by atoms with Gasteiger partial charge in [0.15, 0.2) is 0 Å². The standard InChI is InChI=1S/C19H17N3O3S/c23-26(24,17-5-6-18-14(11-17)7-10-25-18)22-13-16-4-2-9-21-19(16)15-3-1-8-20-12-15/h1-6,8-9,11-12,22H,7,10,13H2. The van der Waals surface area contributed by atoms with Gasteiger partial charge >= 0.3 is 0 Å². The van der Waals surface area contributed by atoms with E-state index in [1.54, 1.807) is 42.9 Å². The fourth-order valence-corrected chi connectivity index (χ4v) is 3.99. The van der Waals surface area contributed by atoms with Crippen LogP contribution in [0.15, 0.2) is 66.0 Å². The molecule has 0 saturated heterocycles. The number of rotatable bonds is 5. The minimum atomic E-state index is -3.63. The minimum Gasteiger partial charge on any atom is -0.493 e. The average molecular weight is 367 g/mol. The van der Waals surface area contributed by atoms with Gasteiger partial charge in [-0.25, -0.2) is 13.1 Å². The van der Waals surface area contributed by atoms with Gasteiger partial charge in [0.1, 0.15) is 5.75 Å². The summed E-state index contributed by atoms with van der Waals surface area (Å²) >= 11 is 0. The van der Waals surface area contributed by atoms with Crippen molar-refractivity contribution in [3.8, 4) is 17.0 Å². The molecule has 2 aromatic heterocycles. The Kier molecular flexibility index (Phi) is 4.40. The molecule has 4 rings (SSSR count). The molecule has 26 heavy (non-hydrogen) atoms. The Labute approximate surface area is 151 Å². The van der Waals surface area contributed by atoms with Crippen LogP contribution in [0.3, 0.4) is 0 Å². The van der Waals surface area contributed by atoms with Gasteiger partial charge < -0.3 is 4.74 Å². The van der Waals surface area contributed by atoms with E-state index < -0.39 is 10.0 Å². The molecule has 1 aromatic carbocycles. The second-order valence-electron chi connectivity index (χ2n) is 5.95. The summed E-state index contributed by atoms with van der Waals surface area (Å²) in [6.07, 6.45) is 5.81. The van der Waals surface area contributed by atoms with E-state index in [4.69, 9.17) is 4.74 Å². The number of ether oxygens (including phenoxy) is 1. The third-order valence-corrected chi connectivity index (χ3v) is 5.65. The minimum absolute atomic E-state index is 0.147. The highest BCUT2D eigenvalue weighted by Gasteiger charge is 2.19. The molecule has 132 valence electrons. The molecule has 6 nitrogen and oxygen atoms in total. The van der Waals surface area contributed by atoms with E-state index in [1.165, 1.54) is 0 Å². The lowest BCUT2D eigenvalue weighted by atomic mass is 10.1. The van der Waals surface area contributed by atoms with Crippen LogP contribution in [0.4, 0.5) is 0 Å². The normalized spacial score (nSPS) is 13.2. The van der Waals surface area contributed by atoms with Crippen LogP contribution in [0.1, 0.15) is 11.1 Å². The van der Waals surface area contributed by atoms with Crippen LogP contribution in [0.2, 0.25) is 0 Å². The summed E-state index contributed by atoms with van der Waals surface area (Å²) in [6.45, 7) is 0.740. The fraction of sp³-hybridized carbons (Fsp3) is 0.158. The van der Waals surface area contributed by atoms with Gasteiger partial charge in [-0.1, -0.05) is 6.07 Å². The Balaban J connectivity index is 1.58. The number of sulfonamides is 1. The Bertz CT molecular complexity index is 1040. The van der Waals surface area contributed by atoms with E-state index in [0.717, 1.165) is 28.9 Å². The van der Waals surface area contributed by atoms with E-state index in [1.807, 2.05) is 18.2 Å². The zero-order valence-electron chi connectivity index (χ0n) is 13.9. The van der Waals surface area contributed by atoms with E-state index in [-0.39, 0.29) is 11.4 Å². The third kappa shape index (κ3) is 3.31. The highest BCUT2D eigenvalue weighted by atomic mass is 32.2. The molecular weight excluding hydrogens is 350 g/mol. The summed E-state index contributed by atoms with van der Waals surface area (Å²) in [7, 11) is -3.63. The first kappa shape index (κ1) is 16.7. The van der Waals surface area contributed by atoms with Crippen LogP contribution in [0.25, 0.3) is 11.3 Å². The van der Waals surface area contributed by atoms with Crippen LogP contribution in [0.5, 0.6) is 5.75 Å². The molecule has 0 fully saturated rings. The van der Waals surface area contributed by atoms with Crippen molar-refractivity contribution in [3.05, 3.63) is 72.2 Å². The second kappa shape index (κ2) is 6.86. The summed E-state index contributed by atoms with van der Waals surface area (Å²) in [5.74, 6) is 0.759. The van der Waals surface area contributed by atoms with Crippen molar-refractivity contribution < 1.29 is 13.2 Å². The van der Waals surface area contributed by atoms with Gasteiger partial charge in [-0.15, -0.1) is 0 Å². The first-order valence-electron chi connectivity index (χ1n) is 8.23. The van der Waals surface area contributed by atoms with Gasteiger partial charge in [-0.05, 0) is 47.5 Å². The van der Waals surface area contributed by atoms with Crippen molar-refractivity contribution in [1.29, 1.82) is 0 Å². The van der Waals surface area contributed by atoms with Crippen molar-refractivity contribution in [2.45, 2.75) is 17.9 Å². The highest BCUT2D eigenvalue weighted by molar-refractivity contribution is 7.89. The summed E-state index contributed by atoms with van der Waals surface area (Å²) < 4.78 is 33.4. The average Bonchev–Trinajstić information content (AvgIpc) is 3.15. The Morgan fingerprint density at radius 1 is 1.12 bits per heavy atom. The summed E-state index contributed by atoms with van der Waals surface area (Å²) in [4.78, 5) is 8.72. The molecule has 3 heterocycles. The smallest absolute Gasteiger partial charge is 0.240 e. The third-order valence-electron chi connectivity index (χ3n) is 4.25. The molecule has 0 unspecified atom stereocenters. The largest absolute Gasteiger partial charge is 0.493 e. The maximum absolute atomic E-state index is 12.7. The van der Waals surface area contributed by atoms with Crippen molar-refractivity contribution in [2.75, 3.05) is 6.61 Å². The van der Waals surface area contributed by atoms with Crippen LogP contribution >= 0.6 is 0 Å². The zero-order chi connectivity index (χ0) is 18.0. The van der Waals surface area contributed by atoms with E-state index in [2.05, 4.69) is 14.7 Å². The summed E-state index contributed by atoms with van der Waals surface area (Å²) in [5, 5.41) is 0. The number of nitrogens with zero attached hydrogens (tertiary/aromatic N) is 2. The molecule has 7 heteroatoms. The number of aromatic nitrogens is 2. The molecule has 0 bridgehead atoms. The molecule has 0 amide bonds. The second-order valence-corrected chi connectivity index (χ2v) is 7.71. The molecule has 1 aliphatic rings. The Morgan fingerprint density at radius 2 is 2.00 bits per heavy atom. The zero-order valence-corrected chi connectivity index (χ0v) is 14.7. The molecular formula is C19H17N3O3S. The lowest BCUT2D eigenvalue weighted by molar-refractivity contribution is 0.356. The van der Waals surface area contributed by atoms with Gasteiger partial charge in [-0.2, -0.15) is 0 Å². The van der Waals surface area contributed by atoms with Crippen molar-refractivity contribution >= 4 is 10.0 Å². The van der Waals surface area contributed by atoms with E-state index >= 15 is 0 Å². The number of hydrogen-bond donors (Lipinski definition) is 1. The number of fused-ring (bicyclic) bond motifs is 1. The van der Waals surface area contributed by atoms with Crippen LogP contribution in [0, 0.1) is 0 Å². The van der Waals surface area contributed by atoms with Crippen molar-refractivity contribution in [1.82, 2.24) is 14.7 Å². The monoisotopic (exact) mass is 367 g/mol. The topological polar surface area (TPSA) is 81.2 Å². The first-order valence-corrected chi connectivity index (χ1v) is 9.71. The van der Waals surface area contributed by atoms with Crippen LogP contribution in [-0.2, 0) is 23.0 Å². The summed E-state index contributed by atoms with van der Waals surface area (Å²) in [5.41, 5.74) is 3.27. The molecule has 0 saturated carbocycles. The molecule has 0 atom stereocenters. The van der Waals surface area contributed by atoms with E-state index in [9.17, 15) is 8.42 Å². The molecule has 3 aromatic rings. The maximum Gasteiger partial charge on any atom is 0.240 e. The Morgan fingerprint density at radius 3 is 2.85 bits per heavy atom. The SMILES string of the molecule is O=S(=O)(NCc1cccnc1-c1cccnc1)c1ccc2c(c1)CCO2. The van der Waals surface area contributed by atoms with E-state index in [0.29, 0.717) is 12.3 Å². The van der Waals surface area contributed by atoms with Gasteiger partial charge in [0, 0.05) is 37.1 Å². The number of benzene rings is 1. The number of pyridine rings is 2. The molecule has 1 N–H and O–H groups in total. The lowest BCUT2D eigenvalue weighted by Crippen LogP contribution is -2.23. The fourth-order valence-electron chi connectivity index (χ4n) is 2.93. The van der Waals surface area contributed by atoms with Crippen molar-refractivity contribution in [3.63, 3.8) is 0 Å². The van der Waals surface area contributed by atoms with Gasteiger partial charge in [-0.3, -0.25) is 9.97 Å². The maximum atomic E-state index is 12.7. The van der Waals surface area contributed by atoms with Gasteiger partial charge in [0.25, 0.3) is 0 Å². The molecule has 0 aliphatic carbocycles. The lowest BCUT2D eigenvalue weighted by Gasteiger charge is -2.11. The molecule has 1 aliphatic heterocycles. The number of nitrogens with one attached hydrogen (secondary N) is 1. The predicted octanol–water partition coefficient (Wildman–Crippen LogP) is 2.56. The highest BCUT2D eigenvalue weighted by Crippen LogP contribution is 2.28. The Hall–Kier alpha value is -2.77. The number of hydrogen-bond acceptors (Lipinski definition) is 5. The summed E-state index contributed by atoms with van der Waals surface area (Å²) in [6, 6.07) is 12.3. The van der Waals surface area contributed by atoms with Crippen molar-refractivity contribution in [2.24, 2.45) is 0 Å². The van der Waals surface area contributed by atoms with Crippen LogP contribution < -0.4 is 9.46 Å². The molecule has 0 spiro atoms. The first-order chi connectivity index (χ1) is 12.6. The molecule has 0 radical (unpaired) electrons. The van der Waals surface area contributed by atoms with Gasteiger partial charge in [0.05, 0.1) is 17.2 Å².